The molecule has 19 heavy (non-hydrogen) atoms. The summed E-state index contributed by atoms with van der Waals surface area (Å²) >= 11 is 0. The summed E-state index contributed by atoms with van der Waals surface area (Å²) in [4.78, 5) is 16.5. The minimum absolute atomic E-state index is 0.112. The predicted octanol–water partition coefficient (Wildman–Crippen LogP) is 2.30. The van der Waals surface area contributed by atoms with E-state index in [2.05, 4.69) is 11.9 Å². The maximum absolute atomic E-state index is 13.9. The molecule has 1 aromatic carbocycles. The number of amides is 1. The lowest BCUT2D eigenvalue weighted by Crippen LogP contribution is -2.42. The van der Waals surface area contributed by atoms with E-state index in [1.165, 1.54) is 6.07 Å². The van der Waals surface area contributed by atoms with Crippen molar-refractivity contribution in [2.45, 2.75) is 26.3 Å². The van der Waals surface area contributed by atoms with Crippen LogP contribution in [0.2, 0.25) is 0 Å². The van der Waals surface area contributed by atoms with E-state index in [1.807, 2.05) is 13.8 Å². The molecule has 2 rings (SSSR count). The average Bonchev–Trinajstić information content (AvgIpc) is 2.49. The van der Waals surface area contributed by atoms with Gasteiger partial charge in [0.25, 0.3) is 5.91 Å². The Morgan fingerprint density at radius 3 is 2.79 bits per heavy atom. The lowest BCUT2D eigenvalue weighted by Gasteiger charge is -2.28. The first kappa shape index (κ1) is 14.0. The number of rotatable bonds is 1. The first-order chi connectivity index (χ1) is 8.99. The molecular weight excluding hydrogens is 243 g/mol. The van der Waals surface area contributed by atoms with E-state index in [9.17, 15) is 9.18 Å². The number of carbonyl (C=O) groups excluding carboxylic acids is 1. The first-order valence-corrected chi connectivity index (χ1v) is 6.74. The van der Waals surface area contributed by atoms with Gasteiger partial charge in [0.05, 0.1) is 5.56 Å². The topological polar surface area (TPSA) is 23.6 Å². The van der Waals surface area contributed by atoms with Crippen molar-refractivity contribution < 1.29 is 9.18 Å². The first-order valence-electron chi connectivity index (χ1n) is 6.74. The fourth-order valence-corrected chi connectivity index (χ4v) is 2.62. The van der Waals surface area contributed by atoms with Gasteiger partial charge in [-0.1, -0.05) is 6.07 Å². The molecule has 1 aliphatic heterocycles. The molecule has 1 atom stereocenters. The lowest BCUT2D eigenvalue weighted by molar-refractivity contribution is 0.0692. The molecule has 0 saturated carbocycles. The van der Waals surface area contributed by atoms with Gasteiger partial charge in [0.15, 0.2) is 0 Å². The van der Waals surface area contributed by atoms with Crippen LogP contribution in [0.15, 0.2) is 18.2 Å². The number of halogens is 1. The zero-order valence-corrected chi connectivity index (χ0v) is 11.8. The Morgan fingerprint density at radius 1 is 1.37 bits per heavy atom. The Bertz CT molecular complexity index is 475. The molecule has 4 heteroatoms. The molecule has 0 radical (unpaired) electrons. The molecule has 1 heterocycles. The van der Waals surface area contributed by atoms with Crippen LogP contribution in [0.3, 0.4) is 0 Å². The van der Waals surface area contributed by atoms with E-state index in [0.29, 0.717) is 6.54 Å². The van der Waals surface area contributed by atoms with Crippen molar-refractivity contribution in [3.05, 3.63) is 35.1 Å². The highest BCUT2D eigenvalue weighted by molar-refractivity contribution is 5.94. The number of benzene rings is 1. The Hall–Kier alpha value is -1.42. The molecule has 3 nitrogen and oxygen atoms in total. The summed E-state index contributed by atoms with van der Waals surface area (Å²) in [6.07, 6.45) is 0.931. The van der Waals surface area contributed by atoms with Gasteiger partial charge >= 0.3 is 0 Å². The zero-order valence-electron chi connectivity index (χ0n) is 11.8. The van der Waals surface area contributed by atoms with Crippen molar-refractivity contribution in [1.29, 1.82) is 0 Å². The molecule has 104 valence electrons. The van der Waals surface area contributed by atoms with Gasteiger partial charge in [0.1, 0.15) is 5.82 Å². The molecule has 0 bridgehead atoms. The molecule has 1 saturated heterocycles. The van der Waals surface area contributed by atoms with Crippen LogP contribution in [0.1, 0.15) is 29.3 Å². The fourth-order valence-electron chi connectivity index (χ4n) is 2.62. The summed E-state index contributed by atoms with van der Waals surface area (Å²) in [6, 6.07) is 4.90. The number of hydrogen-bond donors (Lipinski definition) is 0. The normalized spacial score (nSPS) is 21.3. The van der Waals surface area contributed by atoms with Gasteiger partial charge in [-0.25, -0.2) is 4.39 Å². The maximum atomic E-state index is 13.9. The van der Waals surface area contributed by atoms with E-state index >= 15 is 0 Å². The van der Waals surface area contributed by atoms with E-state index < -0.39 is 5.82 Å². The van der Waals surface area contributed by atoms with E-state index in [1.54, 1.807) is 17.0 Å². The van der Waals surface area contributed by atoms with Crippen LogP contribution >= 0.6 is 0 Å². The van der Waals surface area contributed by atoms with Crippen LogP contribution in [-0.2, 0) is 0 Å². The monoisotopic (exact) mass is 264 g/mol. The molecule has 1 aliphatic rings. The molecule has 0 N–H and O–H groups in total. The van der Waals surface area contributed by atoms with Crippen molar-refractivity contribution in [3.63, 3.8) is 0 Å². The lowest BCUT2D eigenvalue weighted by atomic mass is 10.1. The highest BCUT2D eigenvalue weighted by atomic mass is 19.1. The summed E-state index contributed by atoms with van der Waals surface area (Å²) in [7, 11) is 2.05. The molecule has 1 unspecified atom stereocenters. The Labute approximate surface area is 114 Å². The van der Waals surface area contributed by atoms with E-state index in [4.69, 9.17) is 0 Å². The van der Waals surface area contributed by atoms with Crippen LogP contribution in [0, 0.1) is 12.7 Å². The highest BCUT2D eigenvalue weighted by Gasteiger charge is 2.26. The van der Waals surface area contributed by atoms with Crippen molar-refractivity contribution >= 4 is 5.91 Å². The largest absolute Gasteiger partial charge is 0.335 e. The smallest absolute Gasteiger partial charge is 0.257 e. The molecule has 1 aromatic rings. The average molecular weight is 264 g/mol. The predicted molar refractivity (Wildman–Crippen MR) is 73.7 cm³/mol. The van der Waals surface area contributed by atoms with E-state index in [0.717, 1.165) is 25.1 Å². The number of hydrogen-bond acceptors (Lipinski definition) is 2. The second-order valence-corrected chi connectivity index (χ2v) is 5.45. The number of likely N-dealkylation sites (N-methyl/N-ethyl adjacent to an activating group) is 1. The molecule has 0 aliphatic carbocycles. The fraction of sp³-hybridized carbons (Fsp3) is 0.533. The number of aryl methyl sites for hydroxylation is 1. The SMILES string of the molecule is Cc1ccc(C(=O)N2CCCN(C)CC2C)c(F)c1. The van der Waals surface area contributed by atoms with Gasteiger partial charge in [0, 0.05) is 19.1 Å². The molecular formula is C15H21FN2O. The van der Waals surface area contributed by atoms with Gasteiger partial charge < -0.3 is 9.80 Å². The minimum Gasteiger partial charge on any atom is -0.335 e. The highest BCUT2D eigenvalue weighted by Crippen LogP contribution is 2.16. The van der Waals surface area contributed by atoms with Crippen LogP contribution in [0.5, 0.6) is 0 Å². The third kappa shape index (κ3) is 3.13. The van der Waals surface area contributed by atoms with Crippen molar-refractivity contribution in [2.75, 3.05) is 26.7 Å². The standard InChI is InChI=1S/C15H21FN2O/c1-11-5-6-13(14(16)9-11)15(19)18-8-4-7-17(3)10-12(18)2/h5-6,9,12H,4,7-8,10H2,1-3H3. The zero-order chi connectivity index (χ0) is 14.0. The Balaban J connectivity index is 2.22. The summed E-state index contributed by atoms with van der Waals surface area (Å²) < 4.78 is 13.9. The third-order valence-electron chi connectivity index (χ3n) is 3.66. The molecule has 1 fully saturated rings. The third-order valence-corrected chi connectivity index (χ3v) is 3.66. The van der Waals surface area contributed by atoms with Crippen LogP contribution in [0.4, 0.5) is 4.39 Å². The van der Waals surface area contributed by atoms with Gasteiger partial charge in [-0.2, -0.15) is 0 Å². The molecule has 0 aromatic heterocycles. The Morgan fingerprint density at radius 2 is 2.11 bits per heavy atom. The van der Waals surface area contributed by atoms with Crippen LogP contribution in [0.25, 0.3) is 0 Å². The van der Waals surface area contributed by atoms with Gasteiger partial charge in [-0.05, 0) is 51.6 Å². The van der Waals surface area contributed by atoms with Gasteiger partial charge in [0.2, 0.25) is 0 Å². The van der Waals surface area contributed by atoms with Gasteiger partial charge in [-0.15, -0.1) is 0 Å². The van der Waals surface area contributed by atoms with Crippen molar-refractivity contribution in [2.24, 2.45) is 0 Å². The van der Waals surface area contributed by atoms with Gasteiger partial charge in [-0.3, -0.25) is 4.79 Å². The molecule has 1 amide bonds. The molecule has 0 spiro atoms. The second kappa shape index (κ2) is 5.70. The summed E-state index contributed by atoms with van der Waals surface area (Å²) in [5.41, 5.74) is 1.01. The summed E-state index contributed by atoms with van der Waals surface area (Å²) in [6.45, 7) is 6.34. The van der Waals surface area contributed by atoms with Crippen LogP contribution in [-0.4, -0.2) is 48.4 Å². The summed E-state index contributed by atoms with van der Waals surface area (Å²) in [5.74, 6) is -0.616. The maximum Gasteiger partial charge on any atom is 0.257 e. The second-order valence-electron chi connectivity index (χ2n) is 5.45. The summed E-state index contributed by atoms with van der Waals surface area (Å²) in [5, 5.41) is 0. The van der Waals surface area contributed by atoms with Crippen LogP contribution < -0.4 is 0 Å². The van der Waals surface area contributed by atoms with Crippen molar-refractivity contribution in [3.8, 4) is 0 Å². The van der Waals surface area contributed by atoms with E-state index in [-0.39, 0.29) is 17.5 Å². The number of nitrogens with zero attached hydrogens (tertiary/aromatic N) is 2. The number of carbonyl (C=O) groups is 1. The van der Waals surface area contributed by atoms with Crippen molar-refractivity contribution in [1.82, 2.24) is 9.80 Å². The minimum atomic E-state index is -0.421. The Kier molecular flexibility index (Phi) is 4.20. The quantitative estimate of drug-likeness (QED) is 0.777.